The number of aryl methyl sites for hydroxylation is 1. The van der Waals surface area contributed by atoms with Crippen LogP contribution in [0.25, 0.3) is 11.0 Å². The minimum Gasteiger partial charge on any atom is -0.497 e. The zero-order valence-corrected chi connectivity index (χ0v) is 33.3. The van der Waals surface area contributed by atoms with Crippen molar-refractivity contribution in [2.75, 3.05) is 13.7 Å². The van der Waals surface area contributed by atoms with Crippen molar-refractivity contribution in [2.45, 2.75) is 131 Å². The second-order valence-corrected chi connectivity index (χ2v) is 18.6. The molecule has 0 spiro atoms. The van der Waals surface area contributed by atoms with Gasteiger partial charge >= 0.3 is 6.09 Å². The Hall–Kier alpha value is -5.00. The Labute approximate surface area is 331 Å². The van der Waals surface area contributed by atoms with Crippen molar-refractivity contribution in [1.29, 1.82) is 0 Å². The second-order valence-electron chi connectivity index (χ2n) is 16.4. The maximum Gasteiger partial charge on any atom is 0.405 e. The van der Waals surface area contributed by atoms with E-state index in [9.17, 15) is 37.5 Å². The molecule has 1 saturated heterocycles. The number of sulfonamides is 1. The van der Waals surface area contributed by atoms with E-state index in [-0.39, 0.29) is 44.5 Å². The number of carbonyl (C=O) groups is 5. The molecule has 5 amide bonds. The molecular weight excluding hydrogens is 759 g/mol. The molecule has 2 aromatic rings. The van der Waals surface area contributed by atoms with E-state index in [0.717, 1.165) is 6.42 Å². The van der Waals surface area contributed by atoms with Crippen molar-refractivity contribution in [3.8, 4) is 11.6 Å². The normalized spacial score (nSPS) is 28.7. The molecule has 5 atom stereocenters. The molecule has 1 aromatic carbocycles. The Kier molecular flexibility index (Phi) is 10.9. The zero-order valence-electron chi connectivity index (χ0n) is 32.5. The first kappa shape index (κ1) is 40.2. The summed E-state index contributed by atoms with van der Waals surface area (Å²) in [6, 6.07) is 2.95. The number of methoxy groups -OCH3 is 1. The van der Waals surface area contributed by atoms with Crippen LogP contribution in [0.3, 0.4) is 0 Å². The van der Waals surface area contributed by atoms with Crippen molar-refractivity contribution in [2.24, 2.45) is 5.92 Å². The van der Waals surface area contributed by atoms with Gasteiger partial charge in [0.25, 0.3) is 5.91 Å². The standard InChI is InChI=1S/C39H51N7O10S/c1-23-32(41-29-19-25(55-3)13-14-27(29)40-23)56-26-20-30-31(47)43-39(35(50)45-57(53,54)37(2)17-18-37)21-24(39)11-7-5-4-6-8-12-28(33(48)46(30)22-26)42-34(49)38(44-36(51)52)15-9-10-16-38/h7,11,13-14,19,24,26,28,30,44H,4-6,8-10,12,15-18,20-22H2,1-3H3,(H,42,49)(H,43,47)(H,45,50)(H,51,52)/b11-7-/t24-,26-,28+,30+,39-/m1/s1. The number of nitrogens with one attached hydrogen (secondary N) is 4. The number of rotatable bonds is 9. The molecule has 18 heteroatoms. The number of hydrogen-bond acceptors (Lipinski definition) is 11. The van der Waals surface area contributed by atoms with Crippen molar-refractivity contribution in [1.82, 2.24) is 35.5 Å². The quantitative estimate of drug-likeness (QED) is 0.230. The highest BCUT2D eigenvalue weighted by atomic mass is 32.2. The molecule has 4 fully saturated rings. The molecule has 3 saturated carbocycles. The zero-order chi connectivity index (χ0) is 40.8. The van der Waals surface area contributed by atoms with E-state index in [4.69, 9.17) is 9.47 Å². The van der Waals surface area contributed by atoms with E-state index in [1.165, 1.54) is 12.0 Å². The average molecular weight is 810 g/mol. The fourth-order valence-corrected chi connectivity index (χ4v) is 9.65. The van der Waals surface area contributed by atoms with Gasteiger partial charge in [-0.1, -0.05) is 37.8 Å². The molecule has 0 bridgehead atoms. The molecule has 17 nitrogen and oxygen atoms in total. The van der Waals surface area contributed by atoms with Crippen LogP contribution in [0.2, 0.25) is 0 Å². The van der Waals surface area contributed by atoms with Crippen molar-refractivity contribution < 1.29 is 47.0 Å². The Morgan fingerprint density at radius 3 is 2.46 bits per heavy atom. The first-order chi connectivity index (χ1) is 27.1. The summed E-state index contributed by atoms with van der Waals surface area (Å²) in [6.07, 6.45) is 7.31. The second kappa shape index (κ2) is 15.4. The summed E-state index contributed by atoms with van der Waals surface area (Å²) in [5.74, 6) is -2.40. The van der Waals surface area contributed by atoms with Crippen molar-refractivity contribution in [3.05, 3.63) is 36.0 Å². The van der Waals surface area contributed by atoms with E-state index in [1.54, 1.807) is 32.0 Å². The molecule has 0 unspecified atom stereocenters. The van der Waals surface area contributed by atoms with Crippen LogP contribution in [0.4, 0.5) is 4.79 Å². The number of carbonyl (C=O) groups excluding carboxylic acids is 4. The third kappa shape index (κ3) is 8.09. The first-order valence-electron chi connectivity index (χ1n) is 19.8. The minimum absolute atomic E-state index is 0.0193. The number of carboxylic acid groups (broad SMARTS) is 1. The highest BCUT2D eigenvalue weighted by molar-refractivity contribution is 7.91. The number of ether oxygens (including phenoxy) is 2. The van der Waals surface area contributed by atoms with Gasteiger partial charge in [0.05, 0.1) is 29.4 Å². The summed E-state index contributed by atoms with van der Waals surface area (Å²) in [7, 11) is -2.49. The lowest BCUT2D eigenvalue weighted by Crippen LogP contribution is -2.62. The van der Waals surface area contributed by atoms with Crippen molar-refractivity contribution in [3.63, 3.8) is 0 Å². The predicted molar refractivity (Wildman–Crippen MR) is 206 cm³/mol. The number of fused-ring (bicyclic) bond motifs is 3. The van der Waals surface area contributed by atoms with Crippen LogP contribution in [0.5, 0.6) is 11.6 Å². The molecule has 5 aliphatic rings. The van der Waals surface area contributed by atoms with Crippen LogP contribution in [0.1, 0.15) is 96.1 Å². The lowest BCUT2D eigenvalue weighted by molar-refractivity contribution is -0.143. The smallest absolute Gasteiger partial charge is 0.405 e. The van der Waals surface area contributed by atoms with Gasteiger partial charge in [0, 0.05) is 18.4 Å². The Balaban J connectivity index is 1.20. The highest BCUT2D eigenvalue weighted by Gasteiger charge is 2.63. The highest BCUT2D eigenvalue weighted by Crippen LogP contribution is 2.47. The van der Waals surface area contributed by atoms with Gasteiger partial charge in [0.2, 0.25) is 33.6 Å². The monoisotopic (exact) mass is 809 g/mol. The fourth-order valence-electron chi connectivity index (χ4n) is 8.34. The van der Waals surface area contributed by atoms with E-state index in [1.807, 2.05) is 12.2 Å². The number of amides is 5. The van der Waals surface area contributed by atoms with E-state index in [2.05, 4.69) is 30.6 Å². The van der Waals surface area contributed by atoms with Crippen LogP contribution in [-0.2, 0) is 29.2 Å². The van der Waals surface area contributed by atoms with Gasteiger partial charge < -0.3 is 35.4 Å². The Morgan fingerprint density at radius 2 is 1.75 bits per heavy atom. The van der Waals surface area contributed by atoms with Crippen LogP contribution in [0, 0.1) is 12.8 Å². The molecule has 7 rings (SSSR count). The number of benzene rings is 1. The summed E-state index contributed by atoms with van der Waals surface area (Å²) in [5, 5.41) is 17.7. The van der Waals surface area contributed by atoms with Gasteiger partial charge in [0.1, 0.15) is 40.7 Å². The molecular formula is C39H51N7O10S. The van der Waals surface area contributed by atoms with Crippen LogP contribution < -0.4 is 30.1 Å². The summed E-state index contributed by atoms with van der Waals surface area (Å²) < 4.78 is 39.3. The molecule has 3 heterocycles. The van der Waals surface area contributed by atoms with Gasteiger partial charge in [-0.05, 0) is 77.3 Å². The maximum absolute atomic E-state index is 14.7. The molecule has 1 aromatic heterocycles. The molecule has 57 heavy (non-hydrogen) atoms. The summed E-state index contributed by atoms with van der Waals surface area (Å²) >= 11 is 0. The minimum atomic E-state index is -4.02. The molecule has 2 aliphatic heterocycles. The lowest BCUT2D eigenvalue weighted by Gasteiger charge is -2.33. The number of allylic oxidation sites excluding steroid dienone is 1. The molecule has 0 radical (unpaired) electrons. The van der Waals surface area contributed by atoms with Gasteiger partial charge in [-0.15, -0.1) is 0 Å². The van der Waals surface area contributed by atoms with Gasteiger partial charge in [-0.3, -0.25) is 23.9 Å². The molecule has 308 valence electrons. The SMILES string of the molecule is COc1ccc2nc(C)c(O[C@@H]3C[C@H]4C(=O)N[C@]5(C(=O)NS(=O)(=O)C6(C)CC6)C[C@H]5/C=C\CCCCC[C@H](NC(=O)C5(NC(=O)O)CCCC5)C(=O)N4C3)nc2c1. The number of nitrogens with zero attached hydrogens (tertiary/aromatic N) is 3. The largest absolute Gasteiger partial charge is 0.497 e. The first-order valence-corrected chi connectivity index (χ1v) is 21.2. The third-order valence-electron chi connectivity index (χ3n) is 12.3. The van der Waals surface area contributed by atoms with Gasteiger partial charge in [0.15, 0.2) is 0 Å². The van der Waals surface area contributed by atoms with Gasteiger partial charge in [-0.2, -0.15) is 0 Å². The maximum atomic E-state index is 14.7. The number of aromatic nitrogens is 2. The van der Waals surface area contributed by atoms with Crippen LogP contribution >= 0.6 is 0 Å². The van der Waals surface area contributed by atoms with Crippen LogP contribution in [-0.4, -0.2) is 106 Å². The summed E-state index contributed by atoms with van der Waals surface area (Å²) in [6.45, 7) is 3.21. The molecule has 3 aliphatic carbocycles. The summed E-state index contributed by atoms with van der Waals surface area (Å²) in [5.41, 5.74) is -1.37. The third-order valence-corrected chi connectivity index (χ3v) is 14.5. The fraction of sp³-hybridized carbons (Fsp3) is 0.615. The molecule has 5 N–H and O–H groups in total. The van der Waals surface area contributed by atoms with Gasteiger partial charge in [-0.25, -0.2) is 23.2 Å². The van der Waals surface area contributed by atoms with E-state index >= 15 is 0 Å². The average Bonchev–Trinajstić information content (AvgIpc) is 3.95. The van der Waals surface area contributed by atoms with Crippen LogP contribution in [0.15, 0.2) is 30.4 Å². The lowest BCUT2D eigenvalue weighted by atomic mass is 9.95. The van der Waals surface area contributed by atoms with Crippen molar-refractivity contribution >= 4 is 50.8 Å². The van der Waals surface area contributed by atoms with E-state index < -0.39 is 79.7 Å². The predicted octanol–water partition coefficient (Wildman–Crippen LogP) is 2.75. The summed E-state index contributed by atoms with van der Waals surface area (Å²) in [4.78, 5) is 79.4. The number of hydrogen-bond donors (Lipinski definition) is 5. The topological polar surface area (TPSA) is 235 Å². The Morgan fingerprint density at radius 1 is 1.00 bits per heavy atom. The van der Waals surface area contributed by atoms with E-state index in [0.29, 0.717) is 67.4 Å². The Bertz CT molecular complexity index is 2100.